The third-order valence-corrected chi connectivity index (χ3v) is 3.95. The van der Waals surface area contributed by atoms with Crippen molar-refractivity contribution in [3.05, 3.63) is 29.8 Å². The number of sulfone groups is 1. The van der Waals surface area contributed by atoms with Gasteiger partial charge >= 0.3 is 0 Å². The van der Waals surface area contributed by atoms with E-state index in [-0.39, 0.29) is 19.0 Å². The van der Waals surface area contributed by atoms with Crippen LogP contribution in [0.4, 0.5) is 0 Å². The smallest absolute Gasteiger partial charge is 0.209 e. The predicted octanol–water partition coefficient (Wildman–Crippen LogP) is 0.300. The maximum atomic E-state index is 11.6. The molecule has 0 aromatic heterocycles. The number of benzene rings is 1. The lowest BCUT2D eigenvalue weighted by Crippen LogP contribution is -2.36. The molecule has 0 spiro atoms. The highest BCUT2D eigenvalue weighted by atomic mass is 32.2. The van der Waals surface area contributed by atoms with E-state index in [2.05, 4.69) is 0 Å². The van der Waals surface area contributed by atoms with Crippen molar-refractivity contribution < 1.29 is 27.7 Å². The minimum absolute atomic E-state index is 0.151. The molecule has 1 aromatic carbocycles. The van der Waals surface area contributed by atoms with Gasteiger partial charge < -0.3 is 19.3 Å². The van der Waals surface area contributed by atoms with Gasteiger partial charge in [-0.3, -0.25) is 0 Å². The molecule has 6 nitrogen and oxygen atoms in total. The molecule has 0 aliphatic carbocycles. The summed E-state index contributed by atoms with van der Waals surface area (Å²) in [6.45, 7) is -0.0697. The Balaban J connectivity index is 2.35. The minimum atomic E-state index is -3.32. The van der Waals surface area contributed by atoms with Crippen LogP contribution in [0.2, 0.25) is 0 Å². The number of aliphatic hydroxyl groups is 1. The minimum Gasteiger partial charge on any atom is -0.497 e. The fraction of sp³-hybridized carbons (Fsp3) is 0.538. The summed E-state index contributed by atoms with van der Waals surface area (Å²) < 4.78 is 39.6. The molecule has 1 aliphatic rings. The van der Waals surface area contributed by atoms with Crippen LogP contribution in [0.1, 0.15) is 5.56 Å². The third-order valence-electron chi connectivity index (χ3n) is 3.05. The van der Waals surface area contributed by atoms with Gasteiger partial charge in [0.25, 0.3) is 0 Å². The van der Waals surface area contributed by atoms with Crippen LogP contribution in [-0.4, -0.2) is 52.0 Å². The van der Waals surface area contributed by atoms with Crippen LogP contribution >= 0.6 is 0 Å². The lowest BCUT2D eigenvalue weighted by atomic mass is 10.1. The van der Waals surface area contributed by atoms with Gasteiger partial charge in [0.15, 0.2) is 9.84 Å². The Kier molecular flexibility index (Phi) is 4.33. The van der Waals surface area contributed by atoms with Gasteiger partial charge in [-0.05, 0) is 24.3 Å². The summed E-state index contributed by atoms with van der Waals surface area (Å²) >= 11 is 0. The zero-order chi connectivity index (χ0) is 14.8. The molecule has 0 bridgehead atoms. The number of aliphatic hydroxyl groups excluding tert-OH is 1. The van der Waals surface area contributed by atoms with Crippen LogP contribution < -0.4 is 4.74 Å². The van der Waals surface area contributed by atoms with E-state index in [9.17, 15) is 8.42 Å². The largest absolute Gasteiger partial charge is 0.497 e. The van der Waals surface area contributed by atoms with Gasteiger partial charge in [0.05, 0.1) is 20.3 Å². The molecule has 0 radical (unpaired) electrons. The van der Waals surface area contributed by atoms with Gasteiger partial charge in [-0.1, -0.05) is 0 Å². The topological polar surface area (TPSA) is 82.1 Å². The fourth-order valence-electron chi connectivity index (χ4n) is 2.16. The van der Waals surface area contributed by atoms with Crippen molar-refractivity contribution in [2.45, 2.75) is 11.9 Å². The molecule has 1 N–H and O–H groups in total. The van der Waals surface area contributed by atoms with E-state index in [0.29, 0.717) is 11.3 Å². The van der Waals surface area contributed by atoms with Gasteiger partial charge in [-0.2, -0.15) is 0 Å². The number of hydrogen-bond donors (Lipinski definition) is 1. The molecule has 1 fully saturated rings. The van der Waals surface area contributed by atoms with Crippen molar-refractivity contribution in [2.24, 2.45) is 0 Å². The van der Waals surface area contributed by atoms with Gasteiger partial charge in [0, 0.05) is 11.8 Å². The van der Waals surface area contributed by atoms with Crippen LogP contribution in [0, 0.1) is 0 Å². The second-order valence-electron chi connectivity index (χ2n) is 4.78. The molecule has 1 aliphatic heterocycles. The molecule has 7 heteroatoms. The Bertz CT molecular complexity index is 553. The summed E-state index contributed by atoms with van der Waals surface area (Å²) in [4.78, 5) is 0. The van der Waals surface area contributed by atoms with E-state index in [0.717, 1.165) is 6.26 Å². The number of rotatable bonds is 5. The van der Waals surface area contributed by atoms with Crippen LogP contribution in [-0.2, 0) is 25.1 Å². The van der Waals surface area contributed by atoms with Crippen molar-refractivity contribution in [1.82, 2.24) is 0 Å². The zero-order valence-corrected chi connectivity index (χ0v) is 12.2. The van der Waals surface area contributed by atoms with Crippen molar-refractivity contribution in [3.63, 3.8) is 0 Å². The molecule has 2 rings (SSSR count). The van der Waals surface area contributed by atoms with E-state index in [1.54, 1.807) is 31.4 Å². The van der Waals surface area contributed by atoms with E-state index in [1.807, 2.05) is 0 Å². The van der Waals surface area contributed by atoms with E-state index >= 15 is 0 Å². The van der Waals surface area contributed by atoms with Crippen LogP contribution in [0.15, 0.2) is 24.3 Å². The number of hydrogen-bond acceptors (Lipinski definition) is 6. The Morgan fingerprint density at radius 3 is 2.50 bits per heavy atom. The molecular weight excluding hydrogens is 284 g/mol. The lowest BCUT2D eigenvalue weighted by Gasteiger charge is -2.27. The van der Waals surface area contributed by atoms with E-state index < -0.39 is 21.7 Å². The first-order chi connectivity index (χ1) is 9.38. The predicted molar refractivity (Wildman–Crippen MR) is 72.3 cm³/mol. The number of methoxy groups -OCH3 is 1. The summed E-state index contributed by atoms with van der Waals surface area (Å²) in [7, 11) is -1.78. The first-order valence-corrected chi connectivity index (χ1v) is 8.19. The summed E-state index contributed by atoms with van der Waals surface area (Å²) in [5, 5.41) is 9.15. The van der Waals surface area contributed by atoms with Gasteiger partial charge in [-0.15, -0.1) is 0 Å². The van der Waals surface area contributed by atoms with Crippen molar-refractivity contribution in [2.75, 3.05) is 32.3 Å². The zero-order valence-electron chi connectivity index (χ0n) is 11.4. The Morgan fingerprint density at radius 2 is 2.05 bits per heavy atom. The maximum absolute atomic E-state index is 11.6. The highest BCUT2D eigenvalue weighted by molar-refractivity contribution is 7.90. The third kappa shape index (κ3) is 3.29. The molecule has 1 saturated heterocycles. The first kappa shape index (κ1) is 15.2. The Labute approximate surface area is 118 Å². The average Bonchev–Trinajstić information content (AvgIpc) is 2.81. The van der Waals surface area contributed by atoms with Crippen molar-refractivity contribution in [1.29, 1.82) is 0 Å². The molecule has 112 valence electrons. The first-order valence-electron chi connectivity index (χ1n) is 6.13. The lowest BCUT2D eigenvalue weighted by molar-refractivity contribution is -0.162. The molecule has 0 saturated carbocycles. The summed E-state index contributed by atoms with van der Waals surface area (Å²) in [6, 6.07) is 6.81. The fourth-order valence-corrected chi connectivity index (χ4v) is 3.16. The molecule has 1 heterocycles. The maximum Gasteiger partial charge on any atom is 0.209 e. The molecule has 0 unspecified atom stereocenters. The Hall–Kier alpha value is -1.15. The second-order valence-corrected chi connectivity index (χ2v) is 6.93. The quantitative estimate of drug-likeness (QED) is 0.842. The average molecular weight is 302 g/mol. The summed E-state index contributed by atoms with van der Waals surface area (Å²) in [5.41, 5.74) is 0.583. The van der Waals surface area contributed by atoms with Gasteiger partial charge in [0.2, 0.25) is 5.79 Å². The van der Waals surface area contributed by atoms with Gasteiger partial charge in [-0.25, -0.2) is 8.42 Å². The van der Waals surface area contributed by atoms with Crippen LogP contribution in [0.25, 0.3) is 0 Å². The summed E-state index contributed by atoms with van der Waals surface area (Å²) in [5.74, 6) is -1.02. The van der Waals surface area contributed by atoms with E-state index in [1.165, 1.54) is 0 Å². The second kappa shape index (κ2) is 5.69. The molecule has 2 atom stereocenters. The highest BCUT2D eigenvalue weighted by Crippen LogP contribution is 2.36. The summed E-state index contributed by atoms with van der Waals surface area (Å²) in [6.07, 6.45) is 0.593. The highest BCUT2D eigenvalue weighted by Gasteiger charge is 2.45. The standard InChI is InChI=1S/C13H18O6S/c1-17-11-5-3-10(4-6-11)13(9-20(2,15)16)18-8-12(7-14)19-13/h3-6,12,14H,7-9H2,1-2H3/t12-,13+/m1/s1. The van der Waals surface area contributed by atoms with Crippen LogP contribution in [0.5, 0.6) is 5.75 Å². The Morgan fingerprint density at radius 1 is 1.40 bits per heavy atom. The van der Waals surface area contributed by atoms with Crippen LogP contribution in [0.3, 0.4) is 0 Å². The number of ether oxygens (including phenoxy) is 3. The normalized spacial score (nSPS) is 26.6. The molecule has 1 aromatic rings. The SMILES string of the molecule is COc1ccc([C@@]2(CS(C)(=O)=O)OC[C@@H](CO)O2)cc1. The van der Waals surface area contributed by atoms with Crippen molar-refractivity contribution in [3.8, 4) is 5.75 Å². The van der Waals surface area contributed by atoms with Gasteiger partial charge in [0.1, 0.15) is 17.6 Å². The monoisotopic (exact) mass is 302 g/mol. The molecule has 20 heavy (non-hydrogen) atoms. The molecule has 0 amide bonds. The van der Waals surface area contributed by atoms with Crippen molar-refractivity contribution >= 4 is 9.84 Å². The molecular formula is C13H18O6S. The van der Waals surface area contributed by atoms with E-state index in [4.69, 9.17) is 19.3 Å².